The van der Waals surface area contributed by atoms with Gasteiger partial charge in [0, 0.05) is 18.0 Å². The lowest BCUT2D eigenvalue weighted by molar-refractivity contribution is -0.143. The smallest absolute Gasteiger partial charge is 0.327 e. The molecule has 0 amide bonds. The number of hydrogen-bond donors (Lipinski definition) is 1. The Bertz CT molecular complexity index is 1260. The van der Waals surface area contributed by atoms with Gasteiger partial charge in [-0.15, -0.1) is 0 Å². The lowest BCUT2D eigenvalue weighted by atomic mass is 10.0. The van der Waals surface area contributed by atoms with Crippen LogP contribution in [0, 0.1) is 0 Å². The van der Waals surface area contributed by atoms with E-state index in [9.17, 15) is 4.79 Å². The van der Waals surface area contributed by atoms with Crippen LogP contribution in [-0.2, 0) is 22.7 Å². The SMILES string of the molecule is CCOC(=O)Cn1nc(-c2ccncc2)c(-c2ccc(OCc3ccc(C(C)C)cc3)cc2)c1N. The Morgan fingerprint density at radius 1 is 0.971 bits per heavy atom. The first-order valence-corrected chi connectivity index (χ1v) is 11.7. The van der Waals surface area contributed by atoms with Crippen molar-refractivity contribution >= 4 is 11.8 Å². The average molecular weight is 471 g/mol. The van der Waals surface area contributed by atoms with Crippen molar-refractivity contribution in [2.24, 2.45) is 0 Å². The fourth-order valence-electron chi connectivity index (χ4n) is 3.80. The summed E-state index contributed by atoms with van der Waals surface area (Å²) in [4.78, 5) is 16.2. The molecule has 0 fully saturated rings. The Morgan fingerprint density at radius 2 is 1.66 bits per heavy atom. The van der Waals surface area contributed by atoms with E-state index in [0.717, 1.165) is 28.0 Å². The molecule has 0 unspecified atom stereocenters. The zero-order valence-electron chi connectivity index (χ0n) is 20.3. The Kier molecular flexibility index (Phi) is 7.45. The van der Waals surface area contributed by atoms with Gasteiger partial charge in [-0.1, -0.05) is 50.2 Å². The molecule has 7 heteroatoms. The van der Waals surface area contributed by atoms with Gasteiger partial charge in [0.05, 0.1) is 12.2 Å². The van der Waals surface area contributed by atoms with Crippen LogP contribution >= 0.6 is 0 Å². The van der Waals surface area contributed by atoms with Crippen LogP contribution in [0.1, 0.15) is 37.8 Å². The van der Waals surface area contributed by atoms with Gasteiger partial charge in [0.15, 0.2) is 0 Å². The van der Waals surface area contributed by atoms with Crippen LogP contribution in [0.25, 0.3) is 22.4 Å². The van der Waals surface area contributed by atoms with E-state index in [1.165, 1.54) is 10.2 Å². The molecule has 0 aliphatic heterocycles. The highest BCUT2D eigenvalue weighted by Gasteiger charge is 2.20. The minimum Gasteiger partial charge on any atom is -0.489 e. The normalized spacial score (nSPS) is 11.0. The molecule has 35 heavy (non-hydrogen) atoms. The summed E-state index contributed by atoms with van der Waals surface area (Å²) in [5.74, 6) is 1.26. The third kappa shape index (κ3) is 5.69. The molecular formula is C28H30N4O3. The van der Waals surface area contributed by atoms with Crippen molar-refractivity contribution in [3.05, 3.63) is 84.2 Å². The maximum atomic E-state index is 12.1. The summed E-state index contributed by atoms with van der Waals surface area (Å²) in [7, 11) is 0. The first-order valence-electron chi connectivity index (χ1n) is 11.7. The molecule has 7 nitrogen and oxygen atoms in total. The molecule has 0 spiro atoms. The number of esters is 1. The maximum absolute atomic E-state index is 12.1. The van der Waals surface area contributed by atoms with E-state index < -0.39 is 0 Å². The molecule has 0 aliphatic rings. The molecule has 4 aromatic rings. The van der Waals surface area contributed by atoms with E-state index in [1.807, 2.05) is 36.4 Å². The lowest BCUT2D eigenvalue weighted by Crippen LogP contribution is -2.16. The van der Waals surface area contributed by atoms with E-state index in [1.54, 1.807) is 19.3 Å². The molecule has 4 rings (SSSR count). The minimum atomic E-state index is -0.389. The van der Waals surface area contributed by atoms with Crippen molar-refractivity contribution in [3.8, 4) is 28.1 Å². The molecule has 0 atom stereocenters. The predicted molar refractivity (Wildman–Crippen MR) is 137 cm³/mol. The topological polar surface area (TPSA) is 92.3 Å². The second-order valence-electron chi connectivity index (χ2n) is 8.52. The lowest BCUT2D eigenvalue weighted by Gasteiger charge is -2.10. The van der Waals surface area contributed by atoms with Gasteiger partial charge in [-0.05, 0) is 53.8 Å². The molecule has 2 heterocycles. The van der Waals surface area contributed by atoms with Crippen molar-refractivity contribution in [2.75, 3.05) is 12.3 Å². The number of pyridine rings is 1. The summed E-state index contributed by atoms with van der Waals surface area (Å²) < 4.78 is 12.5. The van der Waals surface area contributed by atoms with Crippen molar-refractivity contribution in [1.82, 2.24) is 14.8 Å². The molecule has 0 bridgehead atoms. The molecular weight excluding hydrogens is 440 g/mol. The monoisotopic (exact) mass is 470 g/mol. The van der Waals surface area contributed by atoms with Gasteiger partial charge in [-0.2, -0.15) is 5.10 Å². The van der Waals surface area contributed by atoms with Gasteiger partial charge in [-0.3, -0.25) is 9.78 Å². The van der Waals surface area contributed by atoms with E-state index >= 15 is 0 Å². The first-order chi connectivity index (χ1) is 17.0. The number of benzene rings is 2. The third-order valence-corrected chi connectivity index (χ3v) is 5.72. The molecule has 2 aromatic carbocycles. The molecule has 0 saturated heterocycles. The molecule has 0 aliphatic carbocycles. The van der Waals surface area contributed by atoms with Crippen LogP contribution < -0.4 is 10.5 Å². The van der Waals surface area contributed by atoms with Gasteiger partial charge < -0.3 is 15.2 Å². The van der Waals surface area contributed by atoms with Crippen molar-refractivity contribution in [3.63, 3.8) is 0 Å². The van der Waals surface area contributed by atoms with Crippen molar-refractivity contribution in [2.45, 2.75) is 39.8 Å². The van der Waals surface area contributed by atoms with E-state index in [0.29, 0.717) is 30.6 Å². The summed E-state index contributed by atoms with van der Waals surface area (Å²) in [6.45, 7) is 6.85. The minimum absolute atomic E-state index is 0.0610. The Morgan fingerprint density at radius 3 is 2.29 bits per heavy atom. The molecule has 0 radical (unpaired) electrons. The quantitative estimate of drug-likeness (QED) is 0.327. The van der Waals surface area contributed by atoms with Crippen LogP contribution in [0.5, 0.6) is 5.75 Å². The number of nitrogen functional groups attached to an aromatic ring is 1. The zero-order valence-corrected chi connectivity index (χ0v) is 20.3. The second-order valence-corrected chi connectivity index (χ2v) is 8.52. The molecule has 180 valence electrons. The zero-order chi connectivity index (χ0) is 24.8. The fraction of sp³-hybridized carbons (Fsp3) is 0.250. The van der Waals surface area contributed by atoms with Gasteiger partial charge in [0.1, 0.15) is 30.4 Å². The number of carbonyl (C=O) groups is 1. The predicted octanol–water partition coefficient (Wildman–Crippen LogP) is 5.46. The van der Waals surface area contributed by atoms with Gasteiger partial charge in [-0.25, -0.2) is 4.68 Å². The average Bonchev–Trinajstić information content (AvgIpc) is 3.19. The Balaban J connectivity index is 1.57. The summed E-state index contributed by atoms with van der Waals surface area (Å²) in [6, 6.07) is 19.9. The van der Waals surface area contributed by atoms with Crippen molar-refractivity contribution in [1.29, 1.82) is 0 Å². The van der Waals surface area contributed by atoms with Gasteiger partial charge >= 0.3 is 5.97 Å². The number of carbonyl (C=O) groups excluding carboxylic acids is 1. The van der Waals surface area contributed by atoms with Crippen LogP contribution in [0.2, 0.25) is 0 Å². The van der Waals surface area contributed by atoms with Crippen molar-refractivity contribution < 1.29 is 14.3 Å². The number of anilines is 1. The Labute approximate surface area is 205 Å². The number of nitrogens with zero attached hydrogens (tertiary/aromatic N) is 3. The Hall–Kier alpha value is -4.13. The highest BCUT2D eigenvalue weighted by atomic mass is 16.5. The van der Waals surface area contributed by atoms with Gasteiger partial charge in [0.2, 0.25) is 0 Å². The summed E-state index contributed by atoms with van der Waals surface area (Å²) in [6.07, 6.45) is 3.40. The molecule has 0 saturated carbocycles. The number of nitrogens with two attached hydrogens (primary N) is 1. The third-order valence-electron chi connectivity index (χ3n) is 5.72. The maximum Gasteiger partial charge on any atom is 0.327 e. The molecule has 2 N–H and O–H groups in total. The summed E-state index contributed by atoms with van der Waals surface area (Å²) in [5, 5.41) is 4.63. The fourth-order valence-corrected chi connectivity index (χ4v) is 3.80. The molecule has 2 aromatic heterocycles. The van der Waals surface area contributed by atoms with E-state index in [-0.39, 0.29) is 12.5 Å². The van der Waals surface area contributed by atoms with Crippen LogP contribution in [0.3, 0.4) is 0 Å². The summed E-state index contributed by atoms with van der Waals surface area (Å²) in [5.41, 5.74) is 12.0. The van der Waals surface area contributed by atoms with E-state index in [2.05, 4.69) is 48.2 Å². The standard InChI is InChI=1S/C28H30N4O3/c1-4-34-25(33)17-32-28(29)26(27(31-32)23-13-15-30-16-14-23)22-9-11-24(12-10-22)35-18-20-5-7-21(8-6-20)19(2)3/h5-16,19H,4,17-18,29H2,1-3H3. The van der Waals surface area contributed by atoms with Gasteiger partial charge in [0.25, 0.3) is 0 Å². The number of aromatic nitrogens is 3. The largest absolute Gasteiger partial charge is 0.489 e. The summed E-state index contributed by atoms with van der Waals surface area (Å²) >= 11 is 0. The highest BCUT2D eigenvalue weighted by Crippen LogP contribution is 2.37. The van der Waals surface area contributed by atoms with Crippen LogP contribution in [-0.4, -0.2) is 27.3 Å². The second kappa shape index (κ2) is 10.9. The number of hydrogen-bond acceptors (Lipinski definition) is 6. The number of rotatable bonds is 9. The van der Waals surface area contributed by atoms with E-state index in [4.69, 9.17) is 15.2 Å². The first kappa shape index (κ1) is 24.0. The highest BCUT2D eigenvalue weighted by molar-refractivity contribution is 5.88. The number of ether oxygens (including phenoxy) is 2. The van der Waals surface area contributed by atoms with Crippen LogP contribution in [0.4, 0.5) is 5.82 Å². The van der Waals surface area contributed by atoms with Crippen LogP contribution in [0.15, 0.2) is 73.1 Å².